The van der Waals surface area contributed by atoms with Gasteiger partial charge in [0.15, 0.2) is 0 Å². The van der Waals surface area contributed by atoms with Crippen molar-refractivity contribution in [3.05, 3.63) is 0 Å². The third-order valence-corrected chi connectivity index (χ3v) is 3.17. The quantitative estimate of drug-likeness (QED) is 0.720. The van der Waals surface area contributed by atoms with Crippen molar-refractivity contribution in [2.24, 2.45) is 5.92 Å². The zero-order valence-corrected chi connectivity index (χ0v) is 10.8. The summed E-state index contributed by atoms with van der Waals surface area (Å²) in [6.07, 6.45) is 0.811. The fraction of sp³-hybridized carbons (Fsp3) is 0.833. The van der Waals surface area contributed by atoms with Gasteiger partial charge in [-0.25, -0.2) is 0 Å². The minimum Gasteiger partial charge on any atom is -0.396 e. The third-order valence-electron chi connectivity index (χ3n) is 3.17. The van der Waals surface area contributed by atoms with Gasteiger partial charge in [0.2, 0.25) is 11.8 Å². The Morgan fingerprint density at radius 3 is 2.71 bits per heavy atom. The topological polar surface area (TPSA) is 69.6 Å². The van der Waals surface area contributed by atoms with Crippen LogP contribution in [0.25, 0.3) is 0 Å². The predicted octanol–water partition coefficient (Wildman–Crippen LogP) is 0.132. The molecule has 1 atom stereocenters. The maximum Gasteiger partial charge on any atom is 0.225 e. The summed E-state index contributed by atoms with van der Waals surface area (Å²) in [4.78, 5) is 25.2. The van der Waals surface area contributed by atoms with Gasteiger partial charge in [0.25, 0.3) is 0 Å². The Labute approximate surface area is 102 Å². The van der Waals surface area contributed by atoms with Gasteiger partial charge in [-0.15, -0.1) is 0 Å². The largest absolute Gasteiger partial charge is 0.396 e. The van der Waals surface area contributed by atoms with Gasteiger partial charge in [-0.2, -0.15) is 0 Å². The van der Waals surface area contributed by atoms with Gasteiger partial charge in [-0.3, -0.25) is 9.59 Å². The first-order chi connectivity index (χ1) is 7.89. The van der Waals surface area contributed by atoms with Crippen LogP contribution in [0.1, 0.15) is 33.6 Å². The Bertz CT molecular complexity index is 302. The summed E-state index contributed by atoms with van der Waals surface area (Å²) in [5.74, 6) is -0.291. The fourth-order valence-corrected chi connectivity index (χ4v) is 2.03. The highest BCUT2D eigenvalue weighted by atomic mass is 16.3. The molecule has 1 rings (SSSR count). The van der Waals surface area contributed by atoms with E-state index in [4.69, 9.17) is 5.11 Å². The molecule has 98 valence electrons. The van der Waals surface area contributed by atoms with Crippen LogP contribution >= 0.6 is 0 Å². The number of amides is 2. The van der Waals surface area contributed by atoms with Gasteiger partial charge in [0.1, 0.15) is 0 Å². The van der Waals surface area contributed by atoms with Crippen molar-refractivity contribution in [2.45, 2.75) is 39.2 Å². The highest BCUT2D eigenvalue weighted by Crippen LogP contribution is 2.19. The molecule has 0 spiro atoms. The normalized spacial score (nSPS) is 20.8. The minimum absolute atomic E-state index is 0.0396. The van der Waals surface area contributed by atoms with Crippen LogP contribution in [0.15, 0.2) is 0 Å². The van der Waals surface area contributed by atoms with Crippen LogP contribution in [0.3, 0.4) is 0 Å². The second-order valence-electron chi connectivity index (χ2n) is 5.18. The average molecular weight is 242 g/mol. The number of likely N-dealkylation sites (tertiary alicyclic amines) is 1. The van der Waals surface area contributed by atoms with Crippen molar-refractivity contribution in [3.63, 3.8) is 0 Å². The molecule has 2 N–H and O–H groups in total. The van der Waals surface area contributed by atoms with E-state index in [-0.39, 0.29) is 24.3 Å². The summed E-state index contributed by atoms with van der Waals surface area (Å²) in [5.41, 5.74) is -0.422. The van der Waals surface area contributed by atoms with Crippen LogP contribution in [0, 0.1) is 5.92 Å². The van der Waals surface area contributed by atoms with Crippen LogP contribution in [-0.4, -0.2) is 47.1 Å². The number of hydrogen-bond acceptors (Lipinski definition) is 3. The lowest BCUT2D eigenvalue weighted by Crippen LogP contribution is -2.47. The molecule has 0 radical (unpaired) electrons. The third kappa shape index (κ3) is 3.70. The number of aliphatic hydroxyl groups is 1. The lowest BCUT2D eigenvalue weighted by molar-refractivity contribution is -0.129. The molecule has 1 aliphatic heterocycles. The van der Waals surface area contributed by atoms with Gasteiger partial charge in [-0.05, 0) is 27.2 Å². The van der Waals surface area contributed by atoms with Crippen molar-refractivity contribution in [2.75, 3.05) is 19.7 Å². The monoisotopic (exact) mass is 242 g/mol. The SMILES string of the molecule is CCN1CC(C(=O)NC(C)(C)CCO)CC1=O. The molecule has 0 aromatic carbocycles. The van der Waals surface area contributed by atoms with Crippen molar-refractivity contribution < 1.29 is 14.7 Å². The second-order valence-corrected chi connectivity index (χ2v) is 5.18. The highest BCUT2D eigenvalue weighted by molar-refractivity contribution is 5.89. The lowest BCUT2D eigenvalue weighted by Gasteiger charge is -2.27. The molecule has 5 nitrogen and oxygen atoms in total. The Kier molecular flexibility index (Phi) is 4.51. The molecule has 1 unspecified atom stereocenters. The first-order valence-corrected chi connectivity index (χ1v) is 6.10. The van der Waals surface area contributed by atoms with E-state index < -0.39 is 5.54 Å². The maximum absolute atomic E-state index is 12.0. The molecule has 0 saturated carbocycles. The van der Waals surface area contributed by atoms with Crippen molar-refractivity contribution in [1.29, 1.82) is 0 Å². The van der Waals surface area contributed by atoms with Gasteiger partial charge in [0.05, 0.1) is 5.92 Å². The van der Waals surface area contributed by atoms with Crippen LogP contribution in [0.5, 0.6) is 0 Å². The highest BCUT2D eigenvalue weighted by Gasteiger charge is 2.35. The van der Waals surface area contributed by atoms with Crippen molar-refractivity contribution in [3.8, 4) is 0 Å². The molecule has 0 bridgehead atoms. The number of carbonyl (C=O) groups is 2. The van der Waals surface area contributed by atoms with Crippen molar-refractivity contribution in [1.82, 2.24) is 10.2 Å². The Hall–Kier alpha value is -1.10. The van der Waals surface area contributed by atoms with Crippen LogP contribution in [0.2, 0.25) is 0 Å². The van der Waals surface area contributed by atoms with E-state index in [0.29, 0.717) is 25.9 Å². The molecule has 0 aliphatic carbocycles. The fourth-order valence-electron chi connectivity index (χ4n) is 2.03. The summed E-state index contributed by atoms with van der Waals surface area (Å²) in [6, 6.07) is 0. The van der Waals surface area contributed by atoms with Gasteiger partial charge >= 0.3 is 0 Å². The summed E-state index contributed by atoms with van der Waals surface area (Å²) in [6.45, 7) is 6.86. The second kappa shape index (κ2) is 5.49. The standard InChI is InChI=1S/C12H22N2O3/c1-4-14-8-9(7-10(14)16)11(17)13-12(2,3)5-6-15/h9,15H,4-8H2,1-3H3,(H,13,17). The summed E-state index contributed by atoms with van der Waals surface area (Å²) >= 11 is 0. The number of carbonyl (C=O) groups excluding carboxylic acids is 2. The van der Waals surface area contributed by atoms with Gasteiger partial charge < -0.3 is 15.3 Å². The number of nitrogens with one attached hydrogen (secondary N) is 1. The first-order valence-electron chi connectivity index (χ1n) is 6.10. The molecule has 1 fully saturated rings. The average Bonchev–Trinajstić information content (AvgIpc) is 2.58. The van der Waals surface area contributed by atoms with E-state index in [1.807, 2.05) is 20.8 Å². The van der Waals surface area contributed by atoms with Gasteiger partial charge in [-0.1, -0.05) is 0 Å². The predicted molar refractivity (Wildman–Crippen MR) is 64.3 cm³/mol. The zero-order valence-electron chi connectivity index (χ0n) is 10.8. The molecular weight excluding hydrogens is 220 g/mol. The van der Waals surface area contributed by atoms with Crippen LogP contribution in [0.4, 0.5) is 0 Å². The Morgan fingerprint density at radius 1 is 1.59 bits per heavy atom. The van der Waals surface area contributed by atoms with E-state index in [0.717, 1.165) is 0 Å². The smallest absolute Gasteiger partial charge is 0.225 e. The summed E-state index contributed by atoms with van der Waals surface area (Å²) in [5, 5.41) is 11.8. The lowest BCUT2D eigenvalue weighted by atomic mass is 9.99. The molecule has 2 amide bonds. The molecule has 1 heterocycles. The van der Waals surface area contributed by atoms with E-state index in [2.05, 4.69) is 5.32 Å². The summed E-state index contributed by atoms with van der Waals surface area (Å²) in [7, 11) is 0. The number of aliphatic hydroxyl groups excluding tert-OH is 1. The van der Waals surface area contributed by atoms with Crippen LogP contribution in [-0.2, 0) is 9.59 Å². The Balaban J connectivity index is 2.52. The molecule has 1 saturated heterocycles. The van der Waals surface area contributed by atoms with Gasteiger partial charge in [0, 0.05) is 31.7 Å². The number of nitrogens with zero attached hydrogens (tertiary/aromatic N) is 1. The van der Waals surface area contributed by atoms with Crippen molar-refractivity contribution >= 4 is 11.8 Å². The van der Waals surface area contributed by atoms with E-state index in [1.54, 1.807) is 4.90 Å². The molecule has 5 heteroatoms. The summed E-state index contributed by atoms with van der Waals surface area (Å²) < 4.78 is 0. The number of rotatable bonds is 5. The Morgan fingerprint density at radius 2 is 2.24 bits per heavy atom. The minimum atomic E-state index is -0.422. The number of hydrogen-bond donors (Lipinski definition) is 2. The van der Waals surface area contributed by atoms with Crippen LogP contribution < -0.4 is 5.32 Å². The molecule has 17 heavy (non-hydrogen) atoms. The zero-order chi connectivity index (χ0) is 13.1. The molecular formula is C12H22N2O3. The maximum atomic E-state index is 12.0. The molecule has 1 aliphatic rings. The van der Waals surface area contributed by atoms with E-state index >= 15 is 0 Å². The van der Waals surface area contributed by atoms with E-state index in [1.165, 1.54) is 0 Å². The molecule has 0 aromatic rings. The molecule has 0 aromatic heterocycles. The first kappa shape index (κ1) is 14.0. The van der Waals surface area contributed by atoms with E-state index in [9.17, 15) is 9.59 Å².